The van der Waals surface area contributed by atoms with Crippen molar-refractivity contribution in [2.24, 2.45) is 0 Å². The highest BCUT2D eigenvalue weighted by molar-refractivity contribution is 7.92. The van der Waals surface area contributed by atoms with Crippen molar-refractivity contribution in [3.05, 3.63) is 69.3 Å². The van der Waals surface area contributed by atoms with Crippen LogP contribution in [-0.2, 0) is 21.2 Å². The molecule has 1 heterocycles. The van der Waals surface area contributed by atoms with E-state index in [-0.39, 0.29) is 27.3 Å². The number of nitriles is 1. The highest BCUT2D eigenvalue weighted by Gasteiger charge is 2.18. The molecule has 1 amide bonds. The molecule has 0 unspecified atom stereocenters. The molecule has 0 bridgehead atoms. The Kier molecular flexibility index (Phi) is 7.74. The zero-order valence-corrected chi connectivity index (χ0v) is 19.9. The Morgan fingerprint density at radius 2 is 1.94 bits per heavy atom. The number of methoxy groups -OCH3 is 1. The summed E-state index contributed by atoms with van der Waals surface area (Å²) in [6.45, 7) is 0.132. The quantitative estimate of drug-likeness (QED) is 0.147. The average molecular weight is 516 g/mol. The van der Waals surface area contributed by atoms with Crippen LogP contribution in [0.5, 0.6) is 11.5 Å². The van der Waals surface area contributed by atoms with E-state index in [2.05, 4.69) is 15.5 Å². The smallest absolute Gasteiger partial charge is 0.269 e. The maximum absolute atomic E-state index is 12.4. The molecule has 2 aromatic carbocycles. The Labute approximate surface area is 203 Å². The van der Waals surface area contributed by atoms with Gasteiger partial charge in [0.25, 0.3) is 11.6 Å². The number of anilines is 1. The van der Waals surface area contributed by atoms with Crippen LogP contribution in [0.4, 0.5) is 10.8 Å². The molecule has 180 valence electrons. The van der Waals surface area contributed by atoms with Crippen LogP contribution >= 0.6 is 11.3 Å². The van der Waals surface area contributed by atoms with Gasteiger partial charge in [-0.25, -0.2) is 8.42 Å². The van der Waals surface area contributed by atoms with Crippen molar-refractivity contribution in [3.8, 4) is 17.6 Å². The summed E-state index contributed by atoms with van der Waals surface area (Å²) in [5.74, 6) is -0.0745. The molecule has 0 spiro atoms. The molecule has 0 atom stereocenters. The van der Waals surface area contributed by atoms with Gasteiger partial charge in [0.05, 0.1) is 12.0 Å². The summed E-state index contributed by atoms with van der Waals surface area (Å²) in [4.78, 5) is 22.7. The molecule has 0 fully saturated rings. The second-order valence-corrected chi connectivity index (χ2v) is 10.1. The summed E-state index contributed by atoms with van der Waals surface area (Å²) in [5, 5.41) is 29.5. The van der Waals surface area contributed by atoms with E-state index in [4.69, 9.17) is 9.47 Å². The van der Waals surface area contributed by atoms with Crippen LogP contribution in [-0.4, -0.2) is 42.8 Å². The summed E-state index contributed by atoms with van der Waals surface area (Å²) >= 11 is 0.668. The lowest BCUT2D eigenvalue weighted by Crippen LogP contribution is -2.13. The third kappa shape index (κ3) is 6.59. The number of amides is 1. The summed E-state index contributed by atoms with van der Waals surface area (Å²) in [6, 6.07) is 12.4. The van der Waals surface area contributed by atoms with Crippen molar-refractivity contribution in [2.75, 3.05) is 18.7 Å². The highest BCUT2D eigenvalue weighted by atomic mass is 32.2. The van der Waals surface area contributed by atoms with Gasteiger partial charge >= 0.3 is 0 Å². The molecule has 0 aliphatic heterocycles. The summed E-state index contributed by atoms with van der Waals surface area (Å²) in [7, 11) is -2.15. The summed E-state index contributed by atoms with van der Waals surface area (Å²) < 4.78 is 33.8. The van der Waals surface area contributed by atoms with E-state index in [1.165, 1.54) is 25.3 Å². The first-order valence-electron chi connectivity index (χ1n) is 9.61. The van der Waals surface area contributed by atoms with Gasteiger partial charge in [0.2, 0.25) is 19.3 Å². The molecule has 3 aromatic rings. The molecule has 12 nitrogen and oxygen atoms in total. The minimum absolute atomic E-state index is 0.0261. The lowest BCUT2D eigenvalue weighted by atomic mass is 10.1. The third-order valence-corrected chi connectivity index (χ3v) is 6.86. The monoisotopic (exact) mass is 515 g/mol. The predicted molar refractivity (Wildman–Crippen MR) is 126 cm³/mol. The van der Waals surface area contributed by atoms with E-state index in [1.807, 2.05) is 0 Å². The van der Waals surface area contributed by atoms with Crippen LogP contribution in [0.1, 0.15) is 11.1 Å². The third-order valence-electron chi connectivity index (χ3n) is 4.35. The van der Waals surface area contributed by atoms with E-state index in [0.29, 0.717) is 34.0 Å². The van der Waals surface area contributed by atoms with Crippen molar-refractivity contribution in [1.29, 1.82) is 5.26 Å². The number of carbonyl (C=O) groups is 1. The van der Waals surface area contributed by atoms with E-state index in [0.717, 1.165) is 6.26 Å². The van der Waals surface area contributed by atoms with Crippen molar-refractivity contribution in [1.82, 2.24) is 10.2 Å². The molecule has 1 N–H and O–H groups in total. The molecule has 0 saturated carbocycles. The molecular formula is C21H17N5O7S2. The van der Waals surface area contributed by atoms with Crippen molar-refractivity contribution < 1.29 is 27.6 Å². The number of nitro groups is 1. The van der Waals surface area contributed by atoms with E-state index in [1.54, 1.807) is 36.4 Å². The van der Waals surface area contributed by atoms with Crippen LogP contribution in [0.15, 0.2) is 52.4 Å². The lowest BCUT2D eigenvalue weighted by molar-refractivity contribution is -0.384. The minimum atomic E-state index is -3.57. The Bertz CT molecular complexity index is 1440. The molecular weight excluding hydrogens is 498 g/mol. The van der Waals surface area contributed by atoms with Gasteiger partial charge in [-0.2, -0.15) is 5.26 Å². The number of nitro benzene ring substituents is 1. The predicted octanol–water partition coefficient (Wildman–Crippen LogP) is 2.98. The SMILES string of the molecule is COc1cc(/C=C(/C#N)C(=O)Nc2nnc(S(C)(=O)=O)s2)ccc1OCc1ccc([N+](=O)[O-])cc1. The number of hydrogen-bond donors (Lipinski definition) is 1. The second-order valence-electron chi connectivity index (χ2n) is 6.89. The van der Waals surface area contributed by atoms with Crippen LogP contribution in [0.3, 0.4) is 0 Å². The number of non-ortho nitro benzene ring substituents is 1. The molecule has 35 heavy (non-hydrogen) atoms. The van der Waals surface area contributed by atoms with Gasteiger partial charge < -0.3 is 9.47 Å². The maximum atomic E-state index is 12.4. The summed E-state index contributed by atoms with van der Waals surface area (Å²) in [5.41, 5.74) is 0.885. The topological polar surface area (TPSA) is 174 Å². The average Bonchev–Trinajstić information content (AvgIpc) is 3.30. The molecule has 0 aliphatic rings. The maximum Gasteiger partial charge on any atom is 0.269 e. The van der Waals surface area contributed by atoms with E-state index < -0.39 is 20.7 Å². The lowest BCUT2D eigenvalue weighted by Gasteiger charge is -2.11. The fourth-order valence-electron chi connectivity index (χ4n) is 2.66. The van der Waals surface area contributed by atoms with Crippen molar-refractivity contribution in [2.45, 2.75) is 10.9 Å². The van der Waals surface area contributed by atoms with E-state index >= 15 is 0 Å². The fraction of sp³-hybridized carbons (Fsp3) is 0.143. The molecule has 0 saturated heterocycles. The molecule has 0 radical (unpaired) electrons. The largest absolute Gasteiger partial charge is 0.493 e. The fourth-order valence-corrected chi connectivity index (χ4v) is 4.16. The van der Waals surface area contributed by atoms with Crippen LogP contribution in [0.25, 0.3) is 6.08 Å². The normalized spacial score (nSPS) is 11.4. The van der Waals surface area contributed by atoms with Crippen molar-refractivity contribution in [3.63, 3.8) is 0 Å². The number of nitrogens with zero attached hydrogens (tertiary/aromatic N) is 4. The Hall–Kier alpha value is -4.35. The number of sulfone groups is 1. The molecule has 0 aliphatic carbocycles. The van der Waals surface area contributed by atoms with E-state index in [9.17, 15) is 28.6 Å². The number of hydrogen-bond acceptors (Lipinski definition) is 11. The Balaban J connectivity index is 1.73. The van der Waals surface area contributed by atoms with Gasteiger partial charge in [-0.1, -0.05) is 17.4 Å². The Morgan fingerprint density at radius 3 is 2.51 bits per heavy atom. The number of benzene rings is 2. The van der Waals surface area contributed by atoms with Crippen molar-refractivity contribution >= 4 is 44.0 Å². The Morgan fingerprint density at radius 1 is 1.23 bits per heavy atom. The molecule has 1 aromatic heterocycles. The zero-order chi connectivity index (χ0) is 25.6. The summed E-state index contributed by atoms with van der Waals surface area (Å²) in [6.07, 6.45) is 2.28. The molecule has 3 rings (SSSR count). The van der Waals surface area contributed by atoms with Gasteiger partial charge in [-0.15, -0.1) is 10.2 Å². The number of ether oxygens (including phenoxy) is 2. The van der Waals surface area contributed by atoms with Crippen LogP contribution in [0.2, 0.25) is 0 Å². The van der Waals surface area contributed by atoms with Gasteiger partial charge in [-0.3, -0.25) is 20.2 Å². The van der Waals surface area contributed by atoms with Crippen LogP contribution < -0.4 is 14.8 Å². The first-order chi connectivity index (χ1) is 16.6. The number of aromatic nitrogens is 2. The van der Waals surface area contributed by atoms with Gasteiger partial charge in [-0.05, 0) is 41.5 Å². The number of carbonyl (C=O) groups excluding carboxylic acids is 1. The van der Waals surface area contributed by atoms with Gasteiger partial charge in [0, 0.05) is 18.4 Å². The van der Waals surface area contributed by atoms with Gasteiger partial charge in [0.15, 0.2) is 11.5 Å². The number of rotatable bonds is 9. The zero-order valence-electron chi connectivity index (χ0n) is 18.3. The number of nitrogens with one attached hydrogen (secondary N) is 1. The minimum Gasteiger partial charge on any atom is -0.493 e. The van der Waals surface area contributed by atoms with Crippen LogP contribution in [0, 0.1) is 21.4 Å². The first-order valence-corrected chi connectivity index (χ1v) is 12.3. The second kappa shape index (κ2) is 10.7. The molecule has 14 heteroatoms. The first kappa shape index (κ1) is 25.3. The van der Waals surface area contributed by atoms with Gasteiger partial charge in [0.1, 0.15) is 18.2 Å². The standard InChI is InChI=1S/C21H17N5O7S2/c1-32-18-10-14(5-8-17(18)33-12-13-3-6-16(7-4-13)26(28)29)9-15(11-22)19(27)23-20-24-25-21(34-20)35(2,30)31/h3-10H,12H2,1-2H3,(H,23,24,27)/b15-9-. The highest BCUT2D eigenvalue weighted by Crippen LogP contribution is 2.30.